The lowest BCUT2D eigenvalue weighted by molar-refractivity contribution is -0.166. The van der Waals surface area contributed by atoms with Crippen LogP contribution in [-0.4, -0.2) is 37.2 Å². The van der Waals surface area contributed by atoms with Gasteiger partial charge in [0.2, 0.25) is 0 Å². The van der Waals surface area contributed by atoms with E-state index >= 15 is 0 Å². The summed E-state index contributed by atoms with van der Waals surface area (Å²) in [6, 6.07) is 0. The van der Waals surface area contributed by atoms with Crippen molar-refractivity contribution in [3.63, 3.8) is 0 Å². The van der Waals surface area contributed by atoms with Crippen molar-refractivity contribution in [2.75, 3.05) is 13.2 Å². The number of hydrogen-bond donors (Lipinski definition) is 0. The van der Waals surface area contributed by atoms with Gasteiger partial charge in [0.25, 0.3) is 0 Å². The van der Waals surface area contributed by atoms with Crippen LogP contribution in [0.1, 0.15) is 303 Å². The minimum atomic E-state index is -0.823. The van der Waals surface area contributed by atoms with Crippen LogP contribution in [0.3, 0.4) is 0 Å². The Hall–Kier alpha value is -3.93. The predicted molar refractivity (Wildman–Crippen MR) is 334 cm³/mol. The van der Waals surface area contributed by atoms with Gasteiger partial charge in [0, 0.05) is 12.8 Å². The Balaban J connectivity index is 4.38. The zero-order chi connectivity index (χ0) is 55.7. The van der Waals surface area contributed by atoms with Gasteiger partial charge in [0.05, 0.1) is 6.42 Å². The van der Waals surface area contributed by atoms with E-state index < -0.39 is 12.1 Å². The second kappa shape index (κ2) is 64.6. The number of allylic oxidation sites excluding steroid dienone is 17. The third-order valence-electron chi connectivity index (χ3n) is 13.8. The Morgan fingerprint density at radius 2 is 0.558 bits per heavy atom. The molecule has 0 aliphatic heterocycles. The van der Waals surface area contributed by atoms with E-state index in [0.29, 0.717) is 12.8 Å². The maximum Gasteiger partial charge on any atom is 0.309 e. The van der Waals surface area contributed by atoms with Crippen molar-refractivity contribution in [1.82, 2.24) is 0 Å². The smallest absolute Gasteiger partial charge is 0.309 e. The molecule has 0 aromatic rings. The lowest BCUT2D eigenvalue weighted by Crippen LogP contribution is -2.30. The van der Waals surface area contributed by atoms with Crippen LogP contribution in [0, 0.1) is 0 Å². The van der Waals surface area contributed by atoms with E-state index in [-0.39, 0.29) is 31.6 Å². The summed E-state index contributed by atoms with van der Waals surface area (Å²) in [4.78, 5) is 38.2. The highest BCUT2D eigenvalue weighted by Gasteiger charge is 2.19. The topological polar surface area (TPSA) is 78.9 Å². The van der Waals surface area contributed by atoms with Gasteiger partial charge in [-0.15, -0.1) is 0 Å². The molecule has 0 bridgehead atoms. The highest BCUT2D eigenvalue weighted by atomic mass is 16.6. The van der Waals surface area contributed by atoms with Crippen LogP contribution in [0.25, 0.3) is 0 Å². The predicted octanol–water partition coefficient (Wildman–Crippen LogP) is 22.2. The zero-order valence-corrected chi connectivity index (χ0v) is 50.4. The Morgan fingerprint density at radius 1 is 0.286 bits per heavy atom. The molecule has 1 unspecified atom stereocenters. The van der Waals surface area contributed by atoms with Crippen molar-refractivity contribution in [2.24, 2.45) is 0 Å². The van der Waals surface area contributed by atoms with Gasteiger partial charge >= 0.3 is 17.9 Å². The average molecular weight is 1070 g/mol. The van der Waals surface area contributed by atoms with Crippen LogP contribution in [0.2, 0.25) is 0 Å². The third kappa shape index (κ3) is 62.8. The summed E-state index contributed by atoms with van der Waals surface area (Å²) in [5, 5.41) is 0. The number of esters is 3. The van der Waals surface area contributed by atoms with Crippen molar-refractivity contribution < 1.29 is 28.6 Å². The summed E-state index contributed by atoms with van der Waals surface area (Å²) in [6.45, 7) is 6.44. The van der Waals surface area contributed by atoms with Crippen molar-refractivity contribution in [2.45, 2.75) is 309 Å². The van der Waals surface area contributed by atoms with Gasteiger partial charge in [-0.2, -0.15) is 0 Å². The molecule has 0 rings (SSSR count). The van der Waals surface area contributed by atoms with Gasteiger partial charge in [0.15, 0.2) is 6.10 Å². The maximum absolute atomic E-state index is 12.9. The van der Waals surface area contributed by atoms with Gasteiger partial charge in [-0.1, -0.05) is 284 Å². The highest BCUT2D eigenvalue weighted by molar-refractivity contribution is 5.72. The van der Waals surface area contributed by atoms with Crippen molar-refractivity contribution >= 4 is 17.9 Å². The normalized spacial score (nSPS) is 12.8. The molecule has 0 spiro atoms. The molecule has 0 N–H and O–H groups in total. The number of rotatable bonds is 58. The fraction of sp³-hybridized carbons (Fsp3) is 0.704. The summed E-state index contributed by atoms with van der Waals surface area (Å²) in [6.07, 6.45) is 88.4. The Labute approximate surface area is 476 Å². The molecule has 0 aromatic carbocycles. The van der Waals surface area contributed by atoms with Gasteiger partial charge in [-0.3, -0.25) is 14.4 Å². The van der Waals surface area contributed by atoms with E-state index in [1.165, 1.54) is 180 Å². The Kier molecular flexibility index (Phi) is 61.3. The van der Waals surface area contributed by atoms with Crippen LogP contribution in [0.5, 0.6) is 0 Å². The average Bonchev–Trinajstić information content (AvgIpc) is 3.43. The molecule has 440 valence electrons. The first-order chi connectivity index (χ1) is 38.0. The number of hydrogen-bond acceptors (Lipinski definition) is 6. The molecule has 1 atom stereocenters. The van der Waals surface area contributed by atoms with Crippen molar-refractivity contribution in [1.29, 1.82) is 0 Å². The summed E-state index contributed by atoms with van der Waals surface area (Å²) in [5.41, 5.74) is 0. The van der Waals surface area contributed by atoms with E-state index in [1.807, 2.05) is 6.08 Å². The lowest BCUT2D eigenvalue weighted by atomic mass is 10.0. The molecule has 0 radical (unpaired) electrons. The highest BCUT2D eigenvalue weighted by Crippen LogP contribution is 2.16. The largest absolute Gasteiger partial charge is 0.462 e. The van der Waals surface area contributed by atoms with Gasteiger partial charge in [-0.25, -0.2) is 0 Å². The Morgan fingerprint density at radius 3 is 0.922 bits per heavy atom. The molecule has 0 aromatic heterocycles. The fourth-order valence-electron chi connectivity index (χ4n) is 8.93. The number of ether oxygens (including phenoxy) is 3. The molecule has 0 amide bonds. The van der Waals surface area contributed by atoms with E-state index in [9.17, 15) is 14.4 Å². The fourth-order valence-corrected chi connectivity index (χ4v) is 8.93. The second-order valence-corrected chi connectivity index (χ2v) is 21.3. The third-order valence-corrected chi connectivity index (χ3v) is 13.8. The standard InChI is InChI=1S/C71H120O6/c1-4-7-10-13-16-19-22-25-28-30-31-32-33-34-35-36-37-38-39-41-43-46-49-52-55-58-61-64-70(73)76-67-68(66-75-69(72)63-60-57-54-51-48-45-42-27-24-21-18-15-12-9-6-3)77-71(74)65-62-59-56-53-50-47-44-40-29-26-23-20-17-14-11-8-5-2/h9,12,18,21-22,25-27,29-31,33-34,42,48,51,57,60,68H,4-8,10-11,13-17,19-20,23-24,28,32,35-41,43-47,49-50,52-56,58-59,61-67H2,1-3H3/b12-9-,21-18-,25-22-,29-26-,31-30-,34-33-,42-27-,51-48-,60-57-. The summed E-state index contributed by atoms with van der Waals surface area (Å²) in [7, 11) is 0. The Bertz CT molecular complexity index is 1560. The number of carbonyl (C=O) groups excluding carboxylic acids is 3. The molecule has 0 aliphatic carbocycles. The van der Waals surface area contributed by atoms with Gasteiger partial charge in [-0.05, 0) is 109 Å². The molecule has 0 saturated carbocycles. The van der Waals surface area contributed by atoms with Crippen LogP contribution < -0.4 is 0 Å². The van der Waals surface area contributed by atoms with Crippen molar-refractivity contribution in [3.05, 3.63) is 109 Å². The van der Waals surface area contributed by atoms with Crippen LogP contribution in [0.4, 0.5) is 0 Å². The quantitative estimate of drug-likeness (QED) is 0.0261. The van der Waals surface area contributed by atoms with E-state index in [4.69, 9.17) is 14.2 Å². The lowest BCUT2D eigenvalue weighted by Gasteiger charge is -2.18. The number of unbranched alkanes of at least 4 members (excludes halogenated alkanes) is 30. The SMILES string of the molecule is CC/C=C\C/C=C\C/C=C\C/C=C\C/C=C\CC(=O)OCC(COC(=O)CCCCCCCCCCCCCC/C=C\C/C=C\C/C=C\CCCCCCC)OC(=O)CCCCCCCCC/C=C\CCCCCCCC. The first-order valence-corrected chi connectivity index (χ1v) is 32.4. The minimum absolute atomic E-state index is 0.111. The van der Waals surface area contributed by atoms with Crippen molar-refractivity contribution in [3.8, 4) is 0 Å². The summed E-state index contributed by atoms with van der Waals surface area (Å²) in [5.74, 6) is -1.04. The van der Waals surface area contributed by atoms with Crippen LogP contribution in [0.15, 0.2) is 109 Å². The molecule has 77 heavy (non-hydrogen) atoms. The molecular formula is C71H120O6. The van der Waals surface area contributed by atoms with Gasteiger partial charge < -0.3 is 14.2 Å². The molecule has 6 heteroatoms. The number of carbonyl (C=O) groups is 3. The minimum Gasteiger partial charge on any atom is -0.462 e. The monoisotopic (exact) mass is 1070 g/mol. The van der Waals surface area contributed by atoms with Crippen LogP contribution in [-0.2, 0) is 28.6 Å². The zero-order valence-electron chi connectivity index (χ0n) is 50.4. The first kappa shape index (κ1) is 73.1. The van der Waals surface area contributed by atoms with E-state index in [0.717, 1.165) is 83.5 Å². The van der Waals surface area contributed by atoms with E-state index in [2.05, 4.69) is 118 Å². The van der Waals surface area contributed by atoms with E-state index in [1.54, 1.807) is 6.08 Å². The van der Waals surface area contributed by atoms with Gasteiger partial charge in [0.1, 0.15) is 13.2 Å². The maximum atomic E-state index is 12.9. The molecule has 6 nitrogen and oxygen atoms in total. The molecular weight excluding hydrogens is 949 g/mol. The summed E-state index contributed by atoms with van der Waals surface area (Å²) >= 11 is 0. The molecule has 0 heterocycles. The summed E-state index contributed by atoms with van der Waals surface area (Å²) < 4.78 is 16.8. The molecule has 0 fully saturated rings. The first-order valence-electron chi connectivity index (χ1n) is 32.4. The second-order valence-electron chi connectivity index (χ2n) is 21.3. The van der Waals surface area contributed by atoms with Crippen LogP contribution >= 0.6 is 0 Å². The molecule has 0 aliphatic rings. The molecule has 0 saturated heterocycles.